The van der Waals surface area contributed by atoms with Crippen LogP contribution in [0.25, 0.3) is 0 Å². The molecule has 0 aliphatic carbocycles. The summed E-state index contributed by atoms with van der Waals surface area (Å²) in [7, 11) is 0. The number of para-hydroxylation sites is 2. The molecule has 5 rings (SSSR count). The molecule has 2 saturated heterocycles. The van der Waals surface area contributed by atoms with E-state index < -0.39 is 29.9 Å². The molecule has 0 bridgehead atoms. The molecule has 2 aromatic carbocycles. The third kappa shape index (κ3) is 2.88. The summed E-state index contributed by atoms with van der Waals surface area (Å²) in [5.41, 5.74) is 1.75. The fraction of sp³-hybridized carbons (Fsp3) is 0.136. The molecule has 1 aromatic heterocycles. The number of halogens is 2. The first kappa shape index (κ1) is 19.1. The van der Waals surface area contributed by atoms with E-state index in [-0.39, 0.29) is 15.7 Å². The molecule has 6 nitrogen and oxygen atoms in total. The molecule has 2 amide bonds. The zero-order valence-corrected chi connectivity index (χ0v) is 17.0. The highest BCUT2D eigenvalue weighted by Crippen LogP contribution is 2.49. The summed E-state index contributed by atoms with van der Waals surface area (Å²) >= 11 is 12.6. The summed E-state index contributed by atoms with van der Waals surface area (Å²) in [6.07, 6.45) is 2.31. The molecule has 0 saturated carbocycles. The highest BCUT2D eigenvalue weighted by Gasteiger charge is 2.60. The van der Waals surface area contributed by atoms with Crippen LogP contribution in [0.2, 0.25) is 10.0 Å². The Hall–Kier alpha value is -2.93. The van der Waals surface area contributed by atoms with Gasteiger partial charge >= 0.3 is 0 Å². The van der Waals surface area contributed by atoms with Gasteiger partial charge in [-0.3, -0.25) is 19.4 Å². The number of benzene rings is 2. The topological polar surface area (TPSA) is 62.7 Å². The number of rotatable bonds is 3. The minimum absolute atomic E-state index is 0.188. The van der Waals surface area contributed by atoms with E-state index in [1.54, 1.807) is 35.7 Å². The molecule has 2 aliphatic rings. The van der Waals surface area contributed by atoms with Crippen molar-refractivity contribution in [3.63, 3.8) is 0 Å². The minimum Gasteiger partial charge on any atom is -0.273 e. The number of nitrogens with zero attached hydrogens (tertiary/aromatic N) is 3. The number of fused-ring (bicyclic) bond motifs is 1. The van der Waals surface area contributed by atoms with E-state index in [1.807, 2.05) is 42.5 Å². The zero-order chi connectivity index (χ0) is 20.8. The van der Waals surface area contributed by atoms with Gasteiger partial charge in [0.1, 0.15) is 5.92 Å². The number of anilines is 2. The number of amides is 2. The number of imide groups is 1. The summed E-state index contributed by atoms with van der Waals surface area (Å²) in [6.45, 7) is 0. The van der Waals surface area contributed by atoms with Crippen LogP contribution in [0.5, 0.6) is 0 Å². The van der Waals surface area contributed by atoms with Crippen molar-refractivity contribution in [3.05, 3.63) is 88.7 Å². The second-order valence-corrected chi connectivity index (χ2v) is 7.84. The predicted octanol–water partition coefficient (Wildman–Crippen LogP) is 4.44. The van der Waals surface area contributed by atoms with Crippen molar-refractivity contribution in [2.24, 2.45) is 5.92 Å². The number of hydrogen-bond donors (Lipinski definition) is 0. The molecular formula is C22H15Cl2N3O3. The van der Waals surface area contributed by atoms with E-state index in [2.05, 4.69) is 4.98 Å². The SMILES string of the molecule is O=C1C2ON(c3ccccc3)C(c3ccncc3)C2C(=O)N1c1c(Cl)cccc1Cl. The average Bonchev–Trinajstić information content (AvgIpc) is 3.27. The van der Waals surface area contributed by atoms with Gasteiger partial charge in [0.15, 0.2) is 6.10 Å². The highest BCUT2D eigenvalue weighted by molar-refractivity contribution is 6.42. The lowest BCUT2D eigenvalue weighted by molar-refractivity contribution is -0.126. The Morgan fingerprint density at radius 2 is 1.50 bits per heavy atom. The van der Waals surface area contributed by atoms with Crippen LogP contribution < -0.4 is 9.96 Å². The molecule has 0 N–H and O–H groups in total. The number of aromatic nitrogens is 1. The van der Waals surface area contributed by atoms with Crippen molar-refractivity contribution >= 4 is 46.4 Å². The number of carbonyl (C=O) groups is 2. The molecule has 0 spiro atoms. The van der Waals surface area contributed by atoms with E-state index >= 15 is 0 Å². The molecule has 150 valence electrons. The molecule has 2 fully saturated rings. The first-order chi connectivity index (χ1) is 14.6. The van der Waals surface area contributed by atoms with Crippen LogP contribution in [0.3, 0.4) is 0 Å². The van der Waals surface area contributed by atoms with Crippen LogP contribution in [-0.4, -0.2) is 22.9 Å². The molecular weight excluding hydrogens is 425 g/mol. The van der Waals surface area contributed by atoms with Gasteiger partial charge in [-0.05, 0) is 42.0 Å². The maximum Gasteiger partial charge on any atom is 0.266 e. The zero-order valence-electron chi connectivity index (χ0n) is 15.5. The van der Waals surface area contributed by atoms with Crippen molar-refractivity contribution in [2.45, 2.75) is 12.1 Å². The standard InChI is InChI=1S/C22H15Cl2N3O3/c23-15-7-4-8-16(24)19(15)26-21(28)17-18(13-9-11-25-12-10-13)27(30-20(17)22(26)29)14-5-2-1-3-6-14/h1-12,17-18,20H. The molecule has 0 radical (unpaired) electrons. The Morgan fingerprint density at radius 1 is 0.833 bits per heavy atom. The summed E-state index contributed by atoms with van der Waals surface area (Å²) in [4.78, 5) is 38.0. The minimum atomic E-state index is -0.983. The predicted molar refractivity (Wildman–Crippen MR) is 113 cm³/mol. The van der Waals surface area contributed by atoms with Crippen molar-refractivity contribution < 1.29 is 14.4 Å². The van der Waals surface area contributed by atoms with Gasteiger partial charge in [-0.1, -0.05) is 47.5 Å². The fourth-order valence-electron chi connectivity index (χ4n) is 4.04. The summed E-state index contributed by atoms with van der Waals surface area (Å²) in [6, 6.07) is 17.3. The lowest BCUT2D eigenvalue weighted by Crippen LogP contribution is -2.37. The molecule has 2 aliphatic heterocycles. The lowest BCUT2D eigenvalue weighted by Gasteiger charge is -2.29. The van der Waals surface area contributed by atoms with Crippen LogP contribution in [-0.2, 0) is 14.4 Å². The third-order valence-electron chi connectivity index (χ3n) is 5.33. The third-order valence-corrected chi connectivity index (χ3v) is 5.94. The fourth-order valence-corrected chi connectivity index (χ4v) is 4.60. The maximum absolute atomic E-state index is 13.5. The first-order valence-electron chi connectivity index (χ1n) is 9.30. The van der Waals surface area contributed by atoms with Crippen LogP contribution in [0.4, 0.5) is 11.4 Å². The van der Waals surface area contributed by atoms with E-state index in [0.29, 0.717) is 0 Å². The van der Waals surface area contributed by atoms with E-state index in [0.717, 1.165) is 16.2 Å². The van der Waals surface area contributed by atoms with Gasteiger partial charge in [-0.25, -0.2) is 9.96 Å². The number of hydrogen-bond acceptors (Lipinski definition) is 5. The van der Waals surface area contributed by atoms with Crippen molar-refractivity contribution in [2.75, 3.05) is 9.96 Å². The average molecular weight is 440 g/mol. The van der Waals surface area contributed by atoms with Gasteiger partial charge in [0.05, 0.1) is 27.5 Å². The van der Waals surface area contributed by atoms with Crippen molar-refractivity contribution in [3.8, 4) is 0 Å². The Kier molecular flexibility index (Phi) is 4.70. The number of hydroxylamine groups is 1. The molecule has 8 heteroatoms. The van der Waals surface area contributed by atoms with Gasteiger partial charge in [0.25, 0.3) is 5.91 Å². The summed E-state index contributed by atoms with van der Waals surface area (Å²) < 4.78 is 0. The Bertz CT molecular complexity index is 1110. The second kappa shape index (κ2) is 7.40. The van der Waals surface area contributed by atoms with Crippen LogP contribution >= 0.6 is 23.2 Å². The van der Waals surface area contributed by atoms with E-state index in [1.165, 1.54) is 0 Å². The first-order valence-corrected chi connectivity index (χ1v) is 10.1. The summed E-state index contributed by atoms with van der Waals surface area (Å²) in [5.74, 6) is -1.65. The van der Waals surface area contributed by atoms with E-state index in [9.17, 15) is 9.59 Å². The van der Waals surface area contributed by atoms with Gasteiger partial charge in [0, 0.05) is 12.4 Å². The van der Waals surface area contributed by atoms with Gasteiger partial charge < -0.3 is 0 Å². The molecule has 3 aromatic rings. The maximum atomic E-state index is 13.5. The Morgan fingerprint density at radius 3 is 2.17 bits per heavy atom. The molecule has 30 heavy (non-hydrogen) atoms. The quantitative estimate of drug-likeness (QED) is 0.564. The highest BCUT2D eigenvalue weighted by atomic mass is 35.5. The van der Waals surface area contributed by atoms with Crippen LogP contribution in [0, 0.1) is 5.92 Å². The molecule has 3 unspecified atom stereocenters. The number of pyridine rings is 1. The van der Waals surface area contributed by atoms with Crippen LogP contribution in [0.1, 0.15) is 11.6 Å². The van der Waals surface area contributed by atoms with Crippen molar-refractivity contribution in [1.29, 1.82) is 0 Å². The summed E-state index contributed by atoms with van der Waals surface area (Å²) in [5, 5.41) is 2.08. The van der Waals surface area contributed by atoms with Gasteiger partial charge in [-0.2, -0.15) is 0 Å². The molecule has 3 atom stereocenters. The Balaban J connectivity index is 1.61. The largest absolute Gasteiger partial charge is 0.273 e. The van der Waals surface area contributed by atoms with Crippen molar-refractivity contribution in [1.82, 2.24) is 4.98 Å². The lowest BCUT2D eigenvalue weighted by atomic mass is 9.91. The van der Waals surface area contributed by atoms with Gasteiger partial charge in [0.2, 0.25) is 5.91 Å². The number of carbonyl (C=O) groups excluding carboxylic acids is 2. The van der Waals surface area contributed by atoms with Gasteiger partial charge in [-0.15, -0.1) is 0 Å². The molecule has 3 heterocycles. The van der Waals surface area contributed by atoms with Crippen LogP contribution in [0.15, 0.2) is 73.1 Å². The Labute approximate surface area is 182 Å². The second-order valence-electron chi connectivity index (χ2n) is 7.02. The normalized spacial score (nSPS) is 23.2. The smallest absolute Gasteiger partial charge is 0.266 e. The van der Waals surface area contributed by atoms with E-state index in [4.69, 9.17) is 28.0 Å². The monoisotopic (exact) mass is 439 g/mol.